The first-order chi connectivity index (χ1) is 25.6. The topological polar surface area (TPSA) is 313 Å². The Hall–Kier alpha value is -3.98. The zero-order chi connectivity index (χ0) is 39.5. The van der Waals surface area contributed by atoms with Crippen molar-refractivity contribution in [2.75, 3.05) is 144 Å². The zero-order valence-corrected chi connectivity index (χ0v) is 30.8. The van der Waals surface area contributed by atoms with Gasteiger partial charge in [0.15, 0.2) is 0 Å². The molecule has 0 fully saturated rings. The minimum absolute atomic E-state index is 0.0109. The largest absolute Gasteiger partial charge is 0.379 e. The van der Waals surface area contributed by atoms with Crippen molar-refractivity contribution in [3.63, 3.8) is 0 Å². The highest BCUT2D eigenvalue weighted by Gasteiger charge is 2.27. The maximum Gasteiger partial charge on any atom is 0.234 e. The lowest BCUT2D eigenvalue weighted by Gasteiger charge is -2.23. The van der Waals surface area contributed by atoms with E-state index < -0.39 is 17.7 Å². The SMILES string of the molecule is C#CCOCCOCCOCCC(C(=O)NCCN(CC(=O)NCCN)CC(=O)NCCN)C(=O)NCCN(CC(=O)NCCN)CC(=O)NCCN. The van der Waals surface area contributed by atoms with E-state index in [1.54, 1.807) is 0 Å². The summed E-state index contributed by atoms with van der Waals surface area (Å²) in [7, 11) is 0. The number of amides is 6. The summed E-state index contributed by atoms with van der Waals surface area (Å²) in [5.74, 6) is -1.45. The minimum Gasteiger partial charge on any atom is -0.379 e. The van der Waals surface area contributed by atoms with E-state index >= 15 is 0 Å². The summed E-state index contributed by atoms with van der Waals surface area (Å²) < 4.78 is 16.1. The molecule has 14 N–H and O–H groups in total. The fourth-order valence-corrected chi connectivity index (χ4v) is 4.38. The maximum atomic E-state index is 13.4. The lowest BCUT2D eigenvalue weighted by Crippen LogP contribution is -2.49. The number of ether oxygens (including phenoxy) is 3. The first-order valence-electron chi connectivity index (χ1n) is 17.7. The summed E-state index contributed by atoms with van der Waals surface area (Å²) >= 11 is 0. The Balaban J connectivity index is 5.46. The quantitative estimate of drug-likeness (QED) is 0.0166. The normalized spacial score (nSPS) is 10.9. The van der Waals surface area contributed by atoms with Gasteiger partial charge in [0.05, 0.1) is 52.6 Å². The molecule has 0 atom stereocenters. The van der Waals surface area contributed by atoms with Crippen LogP contribution in [0.3, 0.4) is 0 Å². The Kier molecular flexibility index (Phi) is 31.3. The van der Waals surface area contributed by atoms with Crippen LogP contribution in [0.2, 0.25) is 0 Å². The van der Waals surface area contributed by atoms with Gasteiger partial charge in [-0.05, 0) is 6.42 Å². The van der Waals surface area contributed by atoms with Gasteiger partial charge in [0.25, 0.3) is 0 Å². The molecule has 0 aliphatic heterocycles. The van der Waals surface area contributed by atoms with Gasteiger partial charge >= 0.3 is 0 Å². The first kappa shape index (κ1) is 49.0. The standard InChI is InChI=1S/C32H62N12O9/c1-2-16-51-18-20-53-21-19-52-17-3-26(31(49)41-12-14-43(22-27(45)37-8-4-33)23-28(46)38-9-5-34)32(50)42-13-15-44(24-29(47)39-10-6-35)25-30(48)40-11-7-36/h1,26H,3-25,33-36H2,(H,37,45)(H,38,46)(H,39,47)(H,40,48)(H,41,49)(H,42,50). The molecule has 21 nitrogen and oxygen atoms in total. The highest BCUT2D eigenvalue weighted by atomic mass is 16.5. The molecule has 0 aromatic heterocycles. The van der Waals surface area contributed by atoms with Crippen LogP contribution in [-0.4, -0.2) is 190 Å². The summed E-state index contributed by atoms with van der Waals surface area (Å²) in [5, 5.41) is 16.0. The van der Waals surface area contributed by atoms with Gasteiger partial charge in [0, 0.05) is 85.1 Å². The number of nitrogens with one attached hydrogen (secondary N) is 6. The van der Waals surface area contributed by atoms with Gasteiger partial charge in [-0.1, -0.05) is 5.92 Å². The van der Waals surface area contributed by atoms with Crippen LogP contribution in [0.4, 0.5) is 0 Å². The second kappa shape index (κ2) is 33.8. The Morgan fingerprint density at radius 1 is 0.509 bits per heavy atom. The molecular weight excluding hydrogens is 696 g/mol. The van der Waals surface area contributed by atoms with Crippen LogP contribution in [-0.2, 0) is 43.0 Å². The number of carbonyl (C=O) groups is 6. The third-order valence-electron chi connectivity index (χ3n) is 6.90. The van der Waals surface area contributed by atoms with Crippen molar-refractivity contribution in [1.82, 2.24) is 41.7 Å². The van der Waals surface area contributed by atoms with E-state index in [1.165, 1.54) is 9.80 Å². The van der Waals surface area contributed by atoms with Gasteiger partial charge in [-0.25, -0.2) is 0 Å². The Labute approximate surface area is 312 Å². The van der Waals surface area contributed by atoms with E-state index in [-0.39, 0.29) is 161 Å². The summed E-state index contributed by atoms with van der Waals surface area (Å²) in [6.45, 7) is 3.06. The van der Waals surface area contributed by atoms with Gasteiger partial charge in [-0.2, -0.15) is 0 Å². The molecule has 0 saturated heterocycles. The number of rotatable bonds is 34. The van der Waals surface area contributed by atoms with E-state index in [9.17, 15) is 28.8 Å². The lowest BCUT2D eigenvalue weighted by molar-refractivity contribution is -0.136. The van der Waals surface area contributed by atoms with Crippen molar-refractivity contribution in [2.24, 2.45) is 28.9 Å². The molecule has 0 radical (unpaired) electrons. The van der Waals surface area contributed by atoms with Gasteiger partial charge < -0.3 is 69.0 Å². The fraction of sp³-hybridized carbons (Fsp3) is 0.750. The second-order valence-electron chi connectivity index (χ2n) is 11.4. The van der Waals surface area contributed by atoms with Crippen molar-refractivity contribution < 1.29 is 43.0 Å². The van der Waals surface area contributed by atoms with Crippen molar-refractivity contribution in [1.29, 1.82) is 0 Å². The number of hydrogen-bond acceptors (Lipinski definition) is 15. The van der Waals surface area contributed by atoms with Crippen molar-refractivity contribution >= 4 is 35.4 Å². The predicted molar refractivity (Wildman–Crippen MR) is 197 cm³/mol. The van der Waals surface area contributed by atoms with Gasteiger partial charge in [-0.15, -0.1) is 6.42 Å². The zero-order valence-electron chi connectivity index (χ0n) is 30.8. The highest BCUT2D eigenvalue weighted by molar-refractivity contribution is 6.00. The molecule has 304 valence electrons. The van der Waals surface area contributed by atoms with Crippen LogP contribution in [0.5, 0.6) is 0 Å². The number of nitrogens with two attached hydrogens (primary N) is 4. The number of hydrogen-bond donors (Lipinski definition) is 10. The smallest absolute Gasteiger partial charge is 0.234 e. The van der Waals surface area contributed by atoms with Crippen LogP contribution in [0.1, 0.15) is 6.42 Å². The summed E-state index contributed by atoms with van der Waals surface area (Å²) in [5.41, 5.74) is 21.8. The lowest BCUT2D eigenvalue weighted by atomic mass is 10.0. The molecule has 0 rings (SSSR count). The monoisotopic (exact) mass is 758 g/mol. The van der Waals surface area contributed by atoms with Crippen molar-refractivity contribution in [3.8, 4) is 12.3 Å². The van der Waals surface area contributed by atoms with E-state index in [2.05, 4.69) is 37.8 Å². The summed E-state index contributed by atoms with van der Waals surface area (Å²) in [6.07, 6.45) is 5.15. The molecule has 0 spiro atoms. The maximum absolute atomic E-state index is 13.4. The molecular formula is C32H62N12O9. The molecule has 0 bridgehead atoms. The minimum atomic E-state index is -1.18. The van der Waals surface area contributed by atoms with Crippen LogP contribution in [0, 0.1) is 18.3 Å². The molecule has 53 heavy (non-hydrogen) atoms. The third-order valence-corrected chi connectivity index (χ3v) is 6.90. The molecule has 0 unspecified atom stereocenters. The molecule has 0 saturated carbocycles. The molecule has 0 aliphatic rings. The Bertz CT molecular complexity index is 987. The molecule has 0 aromatic carbocycles. The van der Waals surface area contributed by atoms with E-state index in [0.29, 0.717) is 13.2 Å². The van der Waals surface area contributed by atoms with Crippen molar-refractivity contribution in [2.45, 2.75) is 6.42 Å². The van der Waals surface area contributed by atoms with E-state index in [1.807, 2.05) is 0 Å². The molecule has 0 aromatic rings. The van der Waals surface area contributed by atoms with Crippen LogP contribution >= 0.6 is 0 Å². The predicted octanol–water partition coefficient (Wildman–Crippen LogP) is -7.19. The second-order valence-corrected chi connectivity index (χ2v) is 11.4. The average molecular weight is 759 g/mol. The van der Waals surface area contributed by atoms with Crippen molar-refractivity contribution in [3.05, 3.63) is 0 Å². The van der Waals surface area contributed by atoms with Crippen LogP contribution in [0.25, 0.3) is 0 Å². The van der Waals surface area contributed by atoms with Crippen LogP contribution in [0.15, 0.2) is 0 Å². The summed E-state index contributed by atoms with van der Waals surface area (Å²) in [6, 6.07) is 0. The van der Waals surface area contributed by atoms with Gasteiger partial charge in [-0.3, -0.25) is 38.6 Å². The number of terminal acetylenes is 1. The molecule has 21 heteroatoms. The summed E-state index contributed by atoms with van der Waals surface area (Å²) in [4.78, 5) is 79.1. The van der Waals surface area contributed by atoms with Gasteiger partial charge in [0.2, 0.25) is 35.4 Å². The number of nitrogens with zero attached hydrogens (tertiary/aromatic N) is 2. The fourth-order valence-electron chi connectivity index (χ4n) is 4.38. The van der Waals surface area contributed by atoms with Crippen LogP contribution < -0.4 is 54.8 Å². The third kappa shape index (κ3) is 28.2. The molecule has 0 aliphatic carbocycles. The number of carbonyl (C=O) groups excluding carboxylic acids is 6. The molecule has 6 amide bonds. The average Bonchev–Trinajstić information content (AvgIpc) is 3.13. The first-order valence-corrected chi connectivity index (χ1v) is 17.7. The van der Waals surface area contributed by atoms with E-state index in [0.717, 1.165) is 0 Å². The highest BCUT2D eigenvalue weighted by Crippen LogP contribution is 2.05. The van der Waals surface area contributed by atoms with E-state index in [4.69, 9.17) is 43.6 Å². The Morgan fingerprint density at radius 3 is 1.19 bits per heavy atom. The van der Waals surface area contributed by atoms with Gasteiger partial charge in [0.1, 0.15) is 12.5 Å². The Morgan fingerprint density at radius 2 is 0.849 bits per heavy atom. The molecule has 0 heterocycles.